The van der Waals surface area contributed by atoms with Gasteiger partial charge in [-0.1, -0.05) is 23.8 Å². The van der Waals surface area contributed by atoms with Crippen LogP contribution in [-0.4, -0.2) is 52.8 Å². The number of nitrogens with zero attached hydrogens (tertiary/aromatic N) is 4. The minimum Gasteiger partial charge on any atom is -0.502 e. The van der Waals surface area contributed by atoms with E-state index in [0.717, 1.165) is 21.9 Å². The van der Waals surface area contributed by atoms with E-state index in [1.54, 1.807) is 0 Å². The molecule has 49 heavy (non-hydrogen) atoms. The first-order valence-corrected chi connectivity index (χ1v) is 15.4. The normalized spacial score (nSPS) is 25.8. The zero-order valence-corrected chi connectivity index (χ0v) is 26.0. The van der Waals surface area contributed by atoms with Crippen LogP contribution in [0.1, 0.15) is 24.3 Å². The second-order valence-corrected chi connectivity index (χ2v) is 12.4. The third kappa shape index (κ3) is 4.71. The smallest absolute Gasteiger partial charge is 0.271 e. The number of benzene rings is 3. The van der Waals surface area contributed by atoms with Gasteiger partial charge >= 0.3 is 0 Å². The summed E-state index contributed by atoms with van der Waals surface area (Å²) in [4.78, 5) is 80.2. The summed E-state index contributed by atoms with van der Waals surface area (Å²) in [5, 5.41) is 33.7. The Hall–Kier alpha value is -6.12. The van der Waals surface area contributed by atoms with Gasteiger partial charge in [0.25, 0.3) is 11.4 Å². The van der Waals surface area contributed by atoms with E-state index in [4.69, 9.17) is 9.47 Å². The maximum Gasteiger partial charge on any atom is 0.271 e. The number of fused-ring (bicyclic) bond motifs is 4. The maximum atomic E-state index is 14.3. The fourth-order valence-corrected chi connectivity index (χ4v) is 8.06. The summed E-state index contributed by atoms with van der Waals surface area (Å²) in [7, 11) is 2.68. The largest absolute Gasteiger partial charge is 0.502 e. The zero-order valence-electron chi connectivity index (χ0n) is 26.0. The number of aromatic hydroxyl groups is 1. The van der Waals surface area contributed by atoms with Crippen LogP contribution >= 0.6 is 0 Å². The Balaban J connectivity index is 1.36. The number of ether oxygens (including phenoxy) is 2. The molecule has 4 amide bonds. The number of hydrogen-bond acceptors (Lipinski definition) is 11. The number of imide groups is 2. The van der Waals surface area contributed by atoms with E-state index in [2.05, 4.69) is 0 Å². The van der Waals surface area contributed by atoms with Gasteiger partial charge in [-0.15, -0.1) is 0 Å². The number of carbonyl (C=O) groups excluding carboxylic acids is 4. The highest BCUT2D eigenvalue weighted by Crippen LogP contribution is 2.59. The number of phenols is 1. The van der Waals surface area contributed by atoms with Crippen molar-refractivity contribution in [2.75, 3.05) is 24.0 Å². The average molecular weight is 669 g/mol. The Kier molecular flexibility index (Phi) is 7.41. The molecule has 0 spiro atoms. The van der Waals surface area contributed by atoms with Gasteiger partial charge in [0.1, 0.15) is 0 Å². The number of rotatable bonds is 7. The predicted octanol–water partition coefficient (Wildman–Crippen LogP) is 4.27. The lowest BCUT2D eigenvalue weighted by atomic mass is 9.57. The van der Waals surface area contributed by atoms with Gasteiger partial charge in [-0.2, -0.15) is 0 Å². The lowest BCUT2D eigenvalue weighted by Crippen LogP contribution is -2.43. The molecule has 4 aliphatic rings. The quantitative estimate of drug-likeness (QED) is 0.163. The highest BCUT2D eigenvalue weighted by atomic mass is 16.6. The van der Waals surface area contributed by atoms with E-state index < -0.39 is 69.0 Å². The fraction of sp³-hybridized carbons (Fsp3) is 0.294. The van der Waals surface area contributed by atoms with E-state index in [1.165, 1.54) is 62.8 Å². The summed E-state index contributed by atoms with van der Waals surface area (Å²) in [6.07, 6.45) is 1.97. The molecule has 1 saturated carbocycles. The van der Waals surface area contributed by atoms with Crippen molar-refractivity contribution in [1.29, 1.82) is 0 Å². The van der Waals surface area contributed by atoms with Crippen molar-refractivity contribution in [2.45, 2.75) is 18.8 Å². The van der Waals surface area contributed by atoms with Gasteiger partial charge in [0.2, 0.25) is 29.4 Å². The molecule has 0 bridgehead atoms. The van der Waals surface area contributed by atoms with Gasteiger partial charge < -0.3 is 14.6 Å². The van der Waals surface area contributed by atoms with Crippen molar-refractivity contribution in [3.05, 3.63) is 98.1 Å². The number of allylic oxidation sites excluding steroid dienone is 2. The first kappa shape index (κ1) is 31.5. The molecule has 2 heterocycles. The summed E-state index contributed by atoms with van der Waals surface area (Å²) in [5.74, 6) is -7.80. The van der Waals surface area contributed by atoms with Crippen molar-refractivity contribution in [2.24, 2.45) is 29.6 Å². The van der Waals surface area contributed by atoms with E-state index in [9.17, 15) is 44.5 Å². The van der Waals surface area contributed by atoms with Crippen LogP contribution in [0.4, 0.5) is 22.7 Å². The standard InChI is InChI=1S/C34H28N4O11/c1-48-25-11-16(12-26(49-2)30(25)39)27-21-9-10-22-28(33(42)35(31(22)40)17-5-3-7-19(13-17)37(44)45)23(21)15-24-29(27)34(43)36(32(24)41)18-6-4-8-20(14-18)38(46)47/h3-9,11-14,22-24,27-29,39H,10,15H2,1-2H3/t22-,23+,24+,27-,28-,29+/m0/s1. The maximum absolute atomic E-state index is 14.3. The van der Waals surface area contributed by atoms with Crippen molar-refractivity contribution in [3.8, 4) is 17.2 Å². The van der Waals surface area contributed by atoms with E-state index >= 15 is 0 Å². The molecule has 15 heteroatoms. The molecule has 7 rings (SSSR count). The van der Waals surface area contributed by atoms with Crippen molar-refractivity contribution in [3.63, 3.8) is 0 Å². The van der Waals surface area contributed by atoms with Crippen LogP contribution in [0, 0.1) is 49.8 Å². The molecule has 2 aliphatic heterocycles. The van der Waals surface area contributed by atoms with Gasteiger partial charge in [0, 0.05) is 30.2 Å². The summed E-state index contributed by atoms with van der Waals surface area (Å²) in [5.41, 5.74) is 0.568. The molecule has 3 aromatic rings. The van der Waals surface area contributed by atoms with Crippen LogP contribution < -0.4 is 19.3 Å². The Morgan fingerprint density at radius 1 is 0.714 bits per heavy atom. The highest BCUT2D eigenvalue weighted by Gasteiger charge is 2.62. The Labute approximate surface area is 277 Å². The number of phenolic OH excluding ortho intramolecular Hbond substituents is 1. The van der Waals surface area contributed by atoms with E-state index in [1.807, 2.05) is 6.08 Å². The molecule has 0 radical (unpaired) electrons. The van der Waals surface area contributed by atoms with Crippen LogP contribution in [0.3, 0.4) is 0 Å². The fourth-order valence-electron chi connectivity index (χ4n) is 8.06. The zero-order chi connectivity index (χ0) is 34.9. The highest BCUT2D eigenvalue weighted by molar-refractivity contribution is 6.24. The molecular formula is C34H28N4O11. The van der Waals surface area contributed by atoms with Gasteiger partial charge in [-0.05, 0) is 48.6 Å². The van der Waals surface area contributed by atoms with Crippen molar-refractivity contribution in [1.82, 2.24) is 0 Å². The van der Waals surface area contributed by atoms with Crippen LogP contribution in [0.25, 0.3) is 0 Å². The lowest BCUT2D eigenvalue weighted by Gasteiger charge is -2.44. The number of nitro benzene ring substituents is 2. The minimum absolute atomic E-state index is 0.0250. The van der Waals surface area contributed by atoms with Gasteiger partial charge in [-0.3, -0.25) is 39.4 Å². The SMILES string of the molecule is COc1cc([C@H]2C3=CC[C@@H]4C(=O)N(c5cccc([N+](=O)[O-])c5)C(=O)[C@@H]4[C@@H]3C[C@H]3C(=O)N(c4cccc([N+](=O)[O-])c4)C(=O)[C@@H]23)cc(OC)c1O. The van der Waals surface area contributed by atoms with E-state index in [-0.39, 0.29) is 52.8 Å². The molecule has 6 atom stereocenters. The molecule has 3 fully saturated rings. The van der Waals surface area contributed by atoms with Crippen LogP contribution in [0.15, 0.2) is 72.3 Å². The second-order valence-electron chi connectivity index (χ2n) is 12.4. The molecule has 2 aliphatic carbocycles. The third-order valence-electron chi connectivity index (χ3n) is 10.1. The number of nitro groups is 2. The number of carbonyl (C=O) groups is 4. The molecule has 1 N–H and O–H groups in total. The second kappa shape index (κ2) is 11.5. The molecule has 250 valence electrons. The lowest BCUT2D eigenvalue weighted by molar-refractivity contribution is -0.385. The predicted molar refractivity (Wildman–Crippen MR) is 170 cm³/mol. The van der Waals surface area contributed by atoms with Gasteiger partial charge in [-0.25, -0.2) is 9.80 Å². The minimum atomic E-state index is -1.01. The Morgan fingerprint density at radius 2 is 1.22 bits per heavy atom. The number of hydrogen-bond donors (Lipinski definition) is 1. The van der Waals surface area contributed by atoms with Crippen LogP contribution in [0.2, 0.25) is 0 Å². The van der Waals surface area contributed by atoms with Crippen molar-refractivity contribution >= 4 is 46.4 Å². The Morgan fingerprint density at radius 3 is 1.73 bits per heavy atom. The number of methoxy groups -OCH3 is 2. The molecule has 3 aromatic carbocycles. The number of anilines is 2. The van der Waals surface area contributed by atoms with Crippen LogP contribution in [0.5, 0.6) is 17.2 Å². The topological polar surface area (TPSA) is 200 Å². The first-order valence-electron chi connectivity index (χ1n) is 15.4. The third-order valence-corrected chi connectivity index (χ3v) is 10.1. The molecule has 0 unspecified atom stereocenters. The average Bonchev–Trinajstić information content (AvgIpc) is 3.50. The number of non-ortho nitro benzene ring substituents is 2. The summed E-state index contributed by atoms with van der Waals surface area (Å²) < 4.78 is 10.8. The van der Waals surface area contributed by atoms with Gasteiger partial charge in [0.05, 0.1) is 59.1 Å². The summed E-state index contributed by atoms with van der Waals surface area (Å²) >= 11 is 0. The molecule has 0 aromatic heterocycles. The molecule has 2 saturated heterocycles. The van der Waals surface area contributed by atoms with Crippen LogP contribution in [-0.2, 0) is 19.2 Å². The van der Waals surface area contributed by atoms with Gasteiger partial charge in [0.15, 0.2) is 11.5 Å². The summed E-state index contributed by atoms with van der Waals surface area (Å²) in [6, 6.07) is 13.5. The Bertz CT molecular complexity index is 2000. The van der Waals surface area contributed by atoms with Crippen molar-refractivity contribution < 1.29 is 43.6 Å². The first-order chi connectivity index (χ1) is 23.5. The van der Waals surface area contributed by atoms with E-state index in [0.29, 0.717) is 11.1 Å². The molecule has 15 nitrogen and oxygen atoms in total. The summed E-state index contributed by atoms with van der Waals surface area (Å²) in [6.45, 7) is 0. The number of amides is 4. The monoisotopic (exact) mass is 668 g/mol. The molecular weight excluding hydrogens is 640 g/mol.